The zero-order valence-electron chi connectivity index (χ0n) is 16.7. The van der Waals surface area contributed by atoms with Gasteiger partial charge in [0.05, 0.1) is 0 Å². The summed E-state index contributed by atoms with van der Waals surface area (Å²) < 4.78 is 2.02. The molecule has 6 nitrogen and oxygen atoms in total. The highest BCUT2D eigenvalue weighted by Gasteiger charge is 2.39. The molecule has 0 spiro atoms. The van der Waals surface area contributed by atoms with Crippen LogP contribution >= 0.6 is 11.6 Å². The van der Waals surface area contributed by atoms with Crippen molar-refractivity contribution < 1.29 is 4.79 Å². The molecule has 1 aromatic heterocycles. The lowest BCUT2D eigenvalue weighted by Crippen LogP contribution is -2.32. The number of hydrogen-bond donors (Lipinski definition) is 1. The van der Waals surface area contributed by atoms with E-state index < -0.39 is 0 Å². The fraction of sp³-hybridized carbons (Fsp3) is 0.348. The highest BCUT2D eigenvalue weighted by atomic mass is 35.5. The molecule has 0 bridgehead atoms. The number of carbonyl (C=O) groups excluding carboxylic acids is 1. The Morgan fingerprint density at radius 3 is 2.53 bits per heavy atom. The van der Waals surface area contributed by atoms with Gasteiger partial charge in [0.2, 0.25) is 5.82 Å². The Hall–Kier alpha value is -2.70. The SMILES string of the molecule is O=C(NCc1ccccc1)c1nnc2n1C[C@H]1CN(Cc3ccc(Cl)cc3)C[C@@H]1C2. The molecule has 1 amide bonds. The number of nitrogens with zero attached hydrogens (tertiary/aromatic N) is 4. The second-order valence-corrected chi connectivity index (χ2v) is 8.70. The third-order valence-electron chi connectivity index (χ3n) is 6.16. The van der Waals surface area contributed by atoms with E-state index in [0.29, 0.717) is 24.2 Å². The molecule has 2 aliphatic heterocycles. The summed E-state index contributed by atoms with van der Waals surface area (Å²) >= 11 is 6.00. The smallest absolute Gasteiger partial charge is 0.289 e. The van der Waals surface area contributed by atoms with Gasteiger partial charge in [-0.05, 0) is 35.1 Å². The summed E-state index contributed by atoms with van der Waals surface area (Å²) in [5.41, 5.74) is 2.34. The quantitative estimate of drug-likeness (QED) is 0.687. The Labute approximate surface area is 180 Å². The van der Waals surface area contributed by atoms with Crippen molar-refractivity contribution in [3.05, 3.63) is 82.4 Å². The van der Waals surface area contributed by atoms with Gasteiger partial charge in [-0.15, -0.1) is 10.2 Å². The van der Waals surface area contributed by atoms with Gasteiger partial charge in [0.1, 0.15) is 5.82 Å². The van der Waals surface area contributed by atoms with Crippen LogP contribution in [0.3, 0.4) is 0 Å². The van der Waals surface area contributed by atoms with E-state index >= 15 is 0 Å². The van der Waals surface area contributed by atoms with Crippen molar-refractivity contribution in [3.63, 3.8) is 0 Å². The minimum absolute atomic E-state index is 0.160. The summed E-state index contributed by atoms with van der Waals surface area (Å²) in [5, 5.41) is 12.3. The number of nitrogens with one attached hydrogen (secondary N) is 1. The summed E-state index contributed by atoms with van der Waals surface area (Å²) in [4.78, 5) is 15.2. The predicted octanol–water partition coefficient (Wildman–Crippen LogP) is 3.17. The van der Waals surface area contributed by atoms with E-state index in [2.05, 4.69) is 32.5 Å². The first-order valence-electron chi connectivity index (χ1n) is 10.4. The minimum Gasteiger partial charge on any atom is -0.345 e. The van der Waals surface area contributed by atoms with E-state index in [-0.39, 0.29) is 5.91 Å². The Morgan fingerprint density at radius 2 is 1.73 bits per heavy atom. The number of carbonyl (C=O) groups is 1. The van der Waals surface area contributed by atoms with Crippen LogP contribution < -0.4 is 5.32 Å². The summed E-state index contributed by atoms with van der Waals surface area (Å²) in [6.45, 7) is 4.29. The Bertz CT molecular complexity index is 1030. The molecule has 0 aliphatic carbocycles. The molecule has 154 valence electrons. The normalized spacial score (nSPS) is 20.6. The summed E-state index contributed by atoms with van der Waals surface area (Å²) in [5.74, 6) is 2.27. The lowest BCUT2D eigenvalue weighted by atomic mass is 9.89. The van der Waals surface area contributed by atoms with Gasteiger partial charge in [-0.2, -0.15) is 0 Å². The molecule has 7 heteroatoms. The van der Waals surface area contributed by atoms with Crippen molar-refractivity contribution in [2.45, 2.75) is 26.1 Å². The third kappa shape index (κ3) is 3.98. The van der Waals surface area contributed by atoms with Crippen molar-refractivity contribution in [1.29, 1.82) is 0 Å². The van der Waals surface area contributed by atoms with E-state index in [9.17, 15) is 4.79 Å². The zero-order valence-corrected chi connectivity index (χ0v) is 17.4. The number of amides is 1. The van der Waals surface area contributed by atoms with Gasteiger partial charge in [0, 0.05) is 44.2 Å². The fourth-order valence-electron chi connectivity index (χ4n) is 4.62. The summed E-state index contributed by atoms with van der Waals surface area (Å²) in [7, 11) is 0. The topological polar surface area (TPSA) is 63.1 Å². The summed E-state index contributed by atoms with van der Waals surface area (Å²) in [6.07, 6.45) is 0.876. The first-order chi connectivity index (χ1) is 14.7. The monoisotopic (exact) mass is 421 g/mol. The van der Waals surface area contributed by atoms with Crippen LogP contribution in [0.15, 0.2) is 54.6 Å². The lowest BCUT2D eigenvalue weighted by Gasteiger charge is -2.25. The first kappa shape index (κ1) is 19.3. The van der Waals surface area contributed by atoms with Crippen LogP contribution in [0.4, 0.5) is 0 Å². The largest absolute Gasteiger partial charge is 0.345 e. The second kappa shape index (κ2) is 8.20. The van der Waals surface area contributed by atoms with Crippen LogP contribution in [0, 0.1) is 11.8 Å². The number of rotatable bonds is 5. The molecule has 2 atom stereocenters. The Balaban J connectivity index is 1.23. The lowest BCUT2D eigenvalue weighted by molar-refractivity contribution is 0.0932. The molecule has 1 N–H and O–H groups in total. The minimum atomic E-state index is -0.160. The predicted molar refractivity (Wildman–Crippen MR) is 115 cm³/mol. The molecule has 3 aromatic rings. The molecule has 2 aliphatic rings. The molecule has 0 radical (unpaired) electrons. The van der Waals surface area contributed by atoms with Gasteiger partial charge < -0.3 is 9.88 Å². The van der Waals surface area contributed by atoms with E-state index in [1.165, 1.54) is 5.56 Å². The van der Waals surface area contributed by atoms with Gasteiger partial charge in [-0.3, -0.25) is 9.69 Å². The van der Waals surface area contributed by atoms with Gasteiger partial charge >= 0.3 is 0 Å². The Kier molecular flexibility index (Phi) is 5.27. The number of fused-ring (bicyclic) bond motifs is 2. The van der Waals surface area contributed by atoms with Gasteiger partial charge in [-0.1, -0.05) is 54.1 Å². The summed E-state index contributed by atoms with van der Waals surface area (Å²) in [6, 6.07) is 18.0. The van der Waals surface area contributed by atoms with E-state index in [4.69, 9.17) is 11.6 Å². The molecule has 1 fully saturated rings. The van der Waals surface area contributed by atoms with E-state index in [1.807, 2.05) is 47.0 Å². The maximum atomic E-state index is 12.7. The fourth-order valence-corrected chi connectivity index (χ4v) is 4.75. The Morgan fingerprint density at radius 1 is 0.967 bits per heavy atom. The molecule has 1 saturated heterocycles. The van der Waals surface area contributed by atoms with Gasteiger partial charge in [0.15, 0.2) is 0 Å². The van der Waals surface area contributed by atoms with Crippen LogP contribution in [0.1, 0.15) is 27.6 Å². The van der Waals surface area contributed by atoms with E-state index in [0.717, 1.165) is 49.0 Å². The van der Waals surface area contributed by atoms with Crippen LogP contribution in [0.5, 0.6) is 0 Å². The van der Waals surface area contributed by atoms with Crippen LogP contribution in [0.2, 0.25) is 5.02 Å². The molecular formula is C23H24ClN5O. The van der Waals surface area contributed by atoms with Crippen LogP contribution in [-0.4, -0.2) is 38.7 Å². The molecule has 0 unspecified atom stereocenters. The maximum absolute atomic E-state index is 12.7. The van der Waals surface area contributed by atoms with Crippen molar-refractivity contribution in [2.75, 3.05) is 13.1 Å². The third-order valence-corrected chi connectivity index (χ3v) is 6.41. The van der Waals surface area contributed by atoms with Crippen LogP contribution in [-0.2, 0) is 26.1 Å². The molecule has 3 heterocycles. The molecule has 0 saturated carbocycles. The first-order valence-corrected chi connectivity index (χ1v) is 10.7. The number of likely N-dealkylation sites (tertiary alicyclic amines) is 1. The molecule has 30 heavy (non-hydrogen) atoms. The number of benzene rings is 2. The van der Waals surface area contributed by atoms with Crippen molar-refractivity contribution in [1.82, 2.24) is 25.0 Å². The molecule has 5 rings (SSSR count). The van der Waals surface area contributed by atoms with E-state index in [1.54, 1.807) is 0 Å². The highest BCUT2D eigenvalue weighted by Crippen LogP contribution is 2.33. The van der Waals surface area contributed by atoms with Gasteiger partial charge in [-0.25, -0.2) is 0 Å². The zero-order chi connectivity index (χ0) is 20.5. The maximum Gasteiger partial charge on any atom is 0.289 e. The number of halogens is 1. The average Bonchev–Trinajstić information content (AvgIpc) is 3.35. The standard InChI is InChI=1S/C23H24ClN5O/c24-20-8-6-17(7-9-20)12-28-13-18-10-21-26-27-22(29(21)15-19(18)14-28)23(30)25-11-16-4-2-1-3-5-16/h1-9,18-19H,10-15H2,(H,25,30)/t18-,19+/m0/s1. The number of hydrogen-bond acceptors (Lipinski definition) is 4. The van der Waals surface area contributed by atoms with Crippen molar-refractivity contribution in [3.8, 4) is 0 Å². The second-order valence-electron chi connectivity index (χ2n) is 8.26. The number of aromatic nitrogens is 3. The van der Waals surface area contributed by atoms with Crippen molar-refractivity contribution >= 4 is 17.5 Å². The van der Waals surface area contributed by atoms with Crippen molar-refractivity contribution in [2.24, 2.45) is 11.8 Å². The van der Waals surface area contributed by atoms with Gasteiger partial charge in [0.25, 0.3) is 5.91 Å². The molecule has 2 aromatic carbocycles. The van der Waals surface area contributed by atoms with Crippen LogP contribution in [0.25, 0.3) is 0 Å². The average molecular weight is 422 g/mol. The molecular weight excluding hydrogens is 398 g/mol. The highest BCUT2D eigenvalue weighted by molar-refractivity contribution is 6.30.